The SMILES string of the molecule is CN=C(NCC(=O)Nc1ccc(F)c(F)c1F)NCC(C)c1ccccc1.I. The highest BCUT2D eigenvalue weighted by molar-refractivity contribution is 14.0. The van der Waals surface area contributed by atoms with Crippen LogP contribution < -0.4 is 16.0 Å². The Kier molecular flexibility index (Phi) is 9.77. The first-order valence-electron chi connectivity index (χ1n) is 8.35. The van der Waals surface area contributed by atoms with E-state index in [4.69, 9.17) is 0 Å². The average Bonchev–Trinajstić information content (AvgIpc) is 2.69. The highest BCUT2D eigenvalue weighted by Crippen LogP contribution is 2.19. The lowest BCUT2D eigenvalue weighted by Crippen LogP contribution is -2.42. The lowest BCUT2D eigenvalue weighted by molar-refractivity contribution is -0.115. The predicted molar refractivity (Wildman–Crippen MR) is 115 cm³/mol. The smallest absolute Gasteiger partial charge is 0.243 e. The molecule has 28 heavy (non-hydrogen) atoms. The second-order valence-corrected chi connectivity index (χ2v) is 5.89. The summed E-state index contributed by atoms with van der Waals surface area (Å²) >= 11 is 0. The number of carbonyl (C=O) groups is 1. The number of aliphatic imine (C=N–C) groups is 1. The number of carbonyl (C=O) groups excluding carboxylic acids is 1. The van der Waals surface area contributed by atoms with E-state index in [-0.39, 0.29) is 36.4 Å². The number of benzene rings is 2. The summed E-state index contributed by atoms with van der Waals surface area (Å²) in [5.41, 5.74) is 0.730. The molecule has 0 spiro atoms. The molecular formula is C19H22F3IN4O. The number of guanidine groups is 1. The second-order valence-electron chi connectivity index (χ2n) is 5.89. The van der Waals surface area contributed by atoms with E-state index in [2.05, 4.69) is 20.9 Å². The van der Waals surface area contributed by atoms with Crippen LogP contribution in [-0.4, -0.2) is 32.0 Å². The molecular weight excluding hydrogens is 484 g/mol. The highest BCUT2D eigenvalue weighted by atomic mass is 127. The Hall–Kier alpha value is -2.30. The molecule has 0 saturated carbocycles. The van der Waals surface area contributed by atoms with Gasteiger partial charge in [0.15, 0.2) is 23.4 Å². The summed E-state index contributed by atoms with van der Waals surface area (Å²) in [5.74, 6) is -4.41. The molecule has 0 aliphatic carbocycles. The van der Waals surface area contributed by atoms with Crippen LogP contribution in [0.5, 0.6) is 0 Å². The molecule has 2 aromatic carbocycles. The Morgan fingerprint density at radius 1 is 1.04 bits per heavy atom. The minimum atomic E-state index is -1.63. The van der Waals surface area contributed by atoms with Crippen molar-refractivity contribution in [2.45, 2.75) is 12.8 Å². The van der Waals surface area contributed by atoms with Crippen molar-refractivity contribution in [2.75, 3.05) is 25.5 Å². The third-order valence-corrected chi connectivity index (χ3v) is 3.89. The molecule has 1 amide bonds. The molecule has 0 aromatic heterocycles. The van der Waals surface area contributed by atoms with E-state index in [0.717, 1.165) is 17.7 Å². The third kappa shape index (κ3) is 6.70. The van der Waals surface area contributed by atoms with E-state index in [1.54, 1.807) is 7.05 Å². The van der Waals surface area contributed by atoms with Crippen LogP contribution in [0.3, 0.4) is 0 Å². The van der Waals surface area contributed by atoms with E-state index >= 15 is 0 Å². The molecule has 0 fully saturated rings. The van der Waals surface area contributed by atoms with Crippen LogP contribution in [0.1, 0.15) is 18.4 Å². The molecule has 0 saturated heterocycles. The van der Waals surface area contributed by atoms with Gasteiger partial charge in [0.05, 0.1) is 12.2 Å². The molecule has 3 N–H and O–H groups in total. The Bertz CT molecular complexity index is 818. The number of halogens is 4. The zero-order valence-corrected chi connectivity index (χ0v) is 17.8. The van der Waals surface area contributed by atoms with Gasteiger partial charge in [-0.3, -0.25) is 9.79 Å². The quantitative estimate of drug-likeness (QED) is 0.243. The number of hydrogen-bond donors (Lipinski definition) is 3. The summed E-state index contributed by atoms with van der Waals surface area (Å²) in [6, 6.07) is 11.6. The number of nitrogens with zero attached hydrogens (tertiary/aromatic N) is 1. The first kappa shape index (κ1) is 23.7. The van der Waals surface area contributed by atoms with Gasteiger partial charge in [0.2, 0.25) is 5.91 Å². The Morgan fingerprint density at radius 2 is 1.71 bits per heavy atom. The van der Waals surface area contributed by atoms with Crippen LogP contribution in [0.4, 0.5) is 18.9 Å². The highest BCUT2D eigenvalue weighted by Gasteiger charge is 2.15. The molecule has 0 aliphatic heterocycles. The Balaban J connectivity index is 0.00000392. The van der Waals surface area contributed by atoms with Gasteiger partial charge in [-0.05, 0) is 23.6 Å². The maximum atomic E-state index is 13.6. The largest absolute Gasteiger partial charge is 0.356 e. The molecule has 1 atom stereocenters. The van der Waals surface area contributed by atoms with Gasteiger partial charge in [0.25, 0.3) is 0 Å². The predicted octanol–water partition coefficient (Wildman–Crippen LogP) is 3.63. The molecule has 2 aromatic rings. The van der Waals surface area contributed by atoms with Crippen LogP contribution in [0.15, 0.2) is 47.5 Å². The number of hydrogen-bond acceptors (Lipinski definition) is 2. The van der Waals surface area contributed by atoms with Gasteiger partial charge in [0.1, 0.15) is 0 Å². The van der Waals surface area contributed by atoms with Gasteiger partial charge in [-0.2, -0.15) is 0 Å². The maximum Gasteiger partial charge on any atom is 0.243 e. The normalized spacial score (nSPS) is 12.0. The monoisotopic (exact) mass is 506 g/mol. The minimum Gasteiger partial charge on any atom is -0.356 e. The zero-order chi connectivity index (χ0) is 19.8. The molecule has 5 nitrogen and oxygen atoms in total. The third-order valence-electron chi connectivity index (χ3n) is 3.89. The fourth-order valence-electron chi connectivity index (χ4n) is 2.35. The van der Waals surface area contributed by atoms with Crippen LogP contribution in [0.2, 0.25) is 0 Å². The minimum absolute atomic E-state index is 0. The summed E-state index contributed by atoms with van der Waals surface area (Å²) in [6.07, 6.45) is 0. The fraction of sp³-hybridized carbons (Fsp3) is 0.263. The number of anilines is 1. The van der Waals surface area contributed by atoms with E-state index in [1.165, 1.54) is 0 Å². The second kappa shape index (κ2) is 11.5. The Morgan fingerprint density at radius 3 is 2.36 bits per heavy atom. The maximum absolute atomic E-state index is 13.6. The van der Waals surface area contributed by atoms with E-state index in [1.807, 2.05) is 37.3 Å². The molecule has 1 unspecified atom stereocenters. The first-order valence-corrected chi connectivity index (χ1v) is 8.35. The summed E-state index contributed by atoms with van der Waals surface area (Å²) in [4.78, 5) is 15.9. The average molecular weight is 506 g/mol. The summed E-state index contributed by atoms with van der Waals surface area (Å²) in [7, 11) is 1.55. The van der Waals surface area contributed by atoms with E-state index in [0.29, 0.717) is 12.5 Å². The summed E-state index contributed by atoms with van der Waals surface area (Å²) in [5, 5.41) is 8.05. The van der Waals surface area contributed by atoms with Crippen molar-refractivity contribution in [3.8, 4) is 0 Å². The van der Waals surface area contributed by atoms with Crippen molar-refractivity contribution in [3.05, 3.63) is 65.5 Å². The van der Waals surface area contributed by atoms with Crippen LogP contribution in [0.25, 0.3) is 0 Å². The van der Waals surface area contributed by atoms with Gasteiger partial charge in [0, 0.05) is 13.6 Å². The van der Waals surface area contributed by atoms with E-state index in [9.17, 15) is 18.0 Å². The van der Waals surface area contributed by atoms with Crippen molar-refractivity contribution >= 4 is 41.5 Å². The molecule has 0 bridgehead atoms. The Labute approximate surface area is 178 Å². The topological polar surface area (TPSA) is 65.5 Å². The molecule has 152 valence electrons. The van der Waals surface area contributed by atoms with Gasteiger partial charge in [-0.25, -0.2) is 13.2 Å². The van der Waals surface area contributed by atoms with Gasteiger partial charge < -0.3 is 16.0 Å². The molecule has 0 aliphatic rings. The van der Waals surface area contributed by atoms with Crippen molar-refractivity contribution in [1.82, 2.24) is 10.6 Å². The lowest BCUT2D eigenvalue weighted by atomic mass is 10.0. The molecule has 2 rings (SSSR count). The lowest BCUT2D eigenvalue weighted by Gasteiger charge is -2.16. The number of nitrogens with one attached hydrogen (secondary N) is 3. The number of rotatable bonds is 6. The van der Waals surface area contributed by atoms with Crippen LogP contribution >= 0.6 is 24.0 Å². The van der Waals surface area contributed by atoms with E-state index < -0.39 is 29.0 Å². The summed E-state index contributed by atoms with van der Waals surface area (Å²) in [6.45, 7) is 2.41. The van der Waals surface area contributed by atoms with Gasteiger partial charge >= 0.3 is 0 Å². The van der Waals surface area contributed by atoms with Gasteiger partial charge in [-0.15, -0.1) is 24.0 Å². The van der Waals surface area contributed by atoms with Crippen LogP contribution in [0, 0.1) is 17.5 Å². The zero-order valence-electron chi connectivity index (χ0n) is 15.4. The standard InChI is InChI=1S/C19H21F3N4O.HI/c1-12(13-6-4-3-5-7-13)10-24-19(23-2)25-11-16(27)26-15-9-8-14(20)17(21)18(15)22;/h3-9,12H,10-11H2,1-2H3,(H,26,27)(H2,23,24,25);1H. The van der Waals surface area contributed by atoms with Crippen molar-refractivity contribution in [3.63, 3.8) is 0 Å². The first-order chi connectivity index (χ1) is 12.9. The van der Waals surface area contributed by atoms with Crippen molar-refractivity contribution < 1.29 is 18.0 Å². The molecule has 9 heteroatoms. The van der Waals surface area contributed by atoms with Crippen LogP contribution in [-0.2, 0) is 4.79 Å². The molecule has 0 radical (unpaired) electrons. The van der Waals surface area contributed by atoms with Crippen molar-refractivity contribution in [1.29, 1.82) is 0 Å². The van der Waals surface area contributed by atoms with Crippen molar-refractivity contribution in [2.24, 2.45) is 4.99 Å². The number of amides is 1. The van der Waals surface area contributed by atoms with Gasteiger partial charge in [-0.1, -0.05) is 37.3 Å². The summed E-state index contributed by atoms with van der Waals surface area (Å²) < 4.78 is 39.7. The fourth-order valence-corrected chi connectivity index (χ4v) is 2.35. The molecule has 0 heterocycles.